The second kappa shape index (κ2) is 11.3. The van der Waals surface area contributed by atoms with E-state index < -0.39 is 0 Å². The molecule has 1 aliphatic rings. The zero-order chi connectivity index (χ0) is 19.6. The van der Waals surface area contributed by atoms with E-state index in [9.17, 15) is 4.79 Å². The molecule has 0 atom stereocenters. The van der Waals surface area contributed by atoms with E-state index in [4.69, 9.17) is 9.57 Å². The van der Waals surface area contributed by atoms with Crippen molar-refractivity contribution in [2.45, 2.75) is 129 Å². The maximum Gasteiger partial charge on any atom is 0.302 e. The number of nitrogens with zero attached hydrogens (tertiary/aromatic N) is 1. The summed E-state index contributed by atoms with van der Waals surface area (Å²) in [7, 11) is 0. The second-order valence-corrected chi connectivity index (χ2v) is 9.22. The van der Waals surface area contributed by atoms with Crippen molar-refractivity contribution in [1.82, 2.24) is 5.06 Å². The van der Waals surface area contributed by atoms with Gasteiger partial charge >= 0.3 is 5.97 Å². The maximum atomic E-state index is 11.3. The molecule has 1 saturated heterocycles. The number of esters is 1. The maximum absolute atomic E-state index is 11.3. The quantitative estimate of drug-likeness (QED) is 0.311. The molecule has 154 valence electrons. The Morgan fingerprint density at radius 1 is 0.885 bits per heavy atom. The van der Waals surface area contributed by atoms with Gasteiger partial charge in [-0.05, 0) is 34.1 Å². The minimum atomic E-state index is -0.189. The molecule has 0 amide bonds. The lowest BCUT2D eigenvalue weighted by Crippen LogP contribution is -2.62. The summed E-state index contributed by atoms with van der Waals surface area (Å²) < 4.78 is 5.49. The Labute approximate surface area is 161 Å². The van der Waals surface area contributed by atoms with E-state index in [0.29, 0.717) is 0 Å². The normalized spacial score (nSPS) is 20.2. The molecule has 1 fully saturated rings. The minimum Gasteiger partial charge on any atom is -0.462 e. The van der Waals surface area contributed by atoms with Crippen molar-refractivity contribution < 1.29 is 14.4 Å². The number of piperidine rings is 1. The highest BCUT2D eigenvalue weighted by atomic mass is 16.7. The Hall–Kier alpha value is -0.610. The average molecular weight is 370 g/mol. The van der Waals surface area contributed by atoms with Gasteiger partial charge in [0.1, 0.15) is 6.10 Å². The van der Waals surface area contributed by atoms with Crippen molar-refractivity contribution in [2.24, 2.45) is 0 Å². The van der Waals surface area contributed by atoms with Crippen molar-refractivity contribution >= 4 is 5.97 Å². The van der Waals surface area contributed by atoms with E-state index in [2.05, 4.69) is 39.7 Å². The second-order valence-electron chi connectivity index (χ2n) is 9.22. The number of hydrogen-bond donors (Lipinski definition) is 0. The van der Waals surface area contributed by atoms with Crippen molar-refractivity contribution in [2.75, 3.05) is 6.61 Å². The van der Waals surface area contributed by atoms with Crippen LogP contribution in [-0.4, -0.2) is 34.8 Å². The third kappa shape index (κ3) is 8.39. The molecule has 0 aromatic rings. The molecule has 0 N–H and O–H groups in total. The van der Waals surface area contributed by atoms with Gasteiger partial charge in [-0.3, -0.25) is 9.63 Å². The lowest BCUT2D eigenvalue weighted by molar-refractivity contribution is -0.293. The third-order valence-corrected chi connectivity index (χ3v) is 5.35. The van der Waals surface area contributed by atoms with Crippen LogP contribution in [0.3, 0.4) is 0 Å². The van der Waals surface area contributed by atoms with Gasteiger partial charge in [0.15, 0.2) is 0 Å². The van der Waals surface area contributed by atoms with Gasteiger partial charge < -0.3 is 4.74 Å². The van der Waals surface area contributed by atoms with Gasteiger partial charge in [-0.15, -0.1) is 0 Å². The number of rotatable bonds is 12. The summed E-state index contributed by atoms with van der Waals surface area (Å²) in [5.74, 6) is -0.189. The van der Waals surface area contributed by atoms with E-state index >= 15 is 0 Å². The van der Waals surface area contributed by atoms with Crippen LogP contribution in [0.5, 0.6) is 0 Å². The fraction of sp³-hybridized carbons (Fsp3) is 0.955. The summed E-state index contributed by atoms with van der Waals surface area (Å²) in [6.07, 6.45) is 13.5. The molecule has 0 radical (unpaired) electrons. The first-order valence-electron chi connectivity index (χ1n) is 10.8. The molecule has 0 aliphatic carbocycles. The van der Waals surface area contributed by atoms with Crippen LogP contribution in [0.15, 0.2) is 0 Å². The molecule has 1 heterocycles. The summed E-state index contributed by atoms with van der Waals surface area (Å²) in [5.41, 5.74) is -0.276. The molecule has 0 aromatic heterocycles. The molecule has 1 rings (SSSR count). The molecule has 26 heavy (non-hydrogen) atoms. The van der Waals surface area contributed by atoms with Crippen molar-refractivity contribution in [1.29, 1.82) is 0 Å². The predicted molar refractivity (Wildman–Crippen MR) is 108 cm³/mol. The average Bonchev–Trinajstić information content (AvgIpc) is 2.49. The molecule has 0 saturated carbocycles. The van der Waals surface area contributed by atoms with E-state index in [-0.39, 0.29) is 23.2 Å². The Bertz CT molecular complexity index is 388. The molecular weight excluding hydrogens is 326 g/mol. The number of carbonyl (C=O) groups is 1. The molecule has 0 aromatic carbocycles. The molecule has 0 bridgehead atoms. The summed E-state index contributed by atoms with van der Waals surface area (Å²) in [6, 6.07) is 0. The van der Waals surface area contributed by atoms with Gasteiger partial charge in [-0.25, -0.2) is 0 Å². The monoisotopic (exact) mass is 369 g/mol. The first-order chi connectivity index (χ1) is 12.2. The Morgan fingerprint density at radius 3 is 1.81 bits per heavy atom. The van der Waals surface area contributed by atoms with Gasteiger partial charge in [0.05, 0.1) is 6.61 Å². The summed E-state index contributed by atoms with van der Waals surface area (Å²) in [6.45, 7) is 13.3. The number of hydrogen-bond acceptors (Lipinski definition) is 4. The number of unbranched alkanes of at least 4 members (excludes halogenated alkanes) is 8. The van der Waals surface area contributed by atoms with Crippen LogP contribution in [0.4, 0.5) is 0 Å². The molecule has 1 aliphatic heterocycles. The fourth-order valence-electron chi connectivity index (χ4n) is 4.41. The van der Waals surface area contributed by atoms with Gasteiger partial charge in [0.2, 0.25) is 0 Å². The predicted octanol–water partition coefficient (Wildman–Crippen LogP) is 6.03. The number of carbonyl (C=O) groups excluding carboxylic acids is 1. The van der Waals surface area contributed by atoms with Crippen molar-refractivity contribution in [3.8, 4) is 0 Å². The molecule has 0 unspecified atom stereocenters. The topological polar surface area (TPSA) is 38.8 Å². The van der Waals surface area contributed by atoms with E-state index in [1.54, 1.807) is 0 Å². The van der Waals surface area contributed by atoms with E-state index in [1.807, 2.05) is 0 Å². The van der Waals surface area contributed by atoms with Crippen LogP contribution in [0.2, 0.25) is 0 Å². The first-order valence-corrected chi connectivity index (χ1v) is 10.8. The zero-order valence-corrected chi connectivity index (χ0v) is 18.2. The molecular formula is C22H43NO3. The van der Waals surface area contributed by atoms with Gasteiger partial charge in [0, 0.05) is 30.8 Å². The summed E-state index contributed by atoms with van der Waals surface area (Å²) in [4.78, 5) is 17.5. The molecule has 4 nitrogen and oxygen atoms in total. The SMILES string of the molecule is CCCCCCCCCCCON1C(C)(C)CC(OC(C)=O)CC1(C)C. The highest BCUT2D eigenvalue weighted by Crippen LogP contribution is 2.39. The lowest BCUT2D eigenvalue weighted by atomic mass is 9.80. The van der Waals surface area contributed by atoms with Gasteiger partial charge in [-0.2, -0.15) is 5.06 Å². The fourth-order valence-corrected chi connectivity index (χ4v) is 4.41. The molecule has 0 spiro atoms. The van der Waals surface area contributed by atoms with Crippen LogP contribution < -0.4 is 0 Å². The largest absolute Gasteiger partial charge is 0.462 e. The lowest BCUT2D eigenvalue weighted by Gasteiger charge is -2.53. The first kappa shape index (κ1) is 23.4. The zero-order valence-electron chi connectivity index (χ0n) is 18.2. The van der Waals surface area contributed by atoms with Crippen LogP contribution in [-0.2, 0) is 14.4 Å². The summed E-state index contributed by atoms with van der Waals surface area (Å²) in [5, 5.41) is 2.16. The highest BCUT2D eigenvalue weighted by Gasteiger charge is 2.47. The Balaban J connectivity index is 2.27. The van der Waals surface area contributed by atoms with Crippen molar-refractivity contribution in [3.05, 3.63) is 0 Å². The summed E-state index contributed by atoms with van der Waals surface area (Å²) >= 11 is 0. The van der Waals surface area contributed by atoms with Crippen LogP contribution in [0.25, 0.3) is 0 Å². The van der Waals surface area contributed by atoms with Crippen LogP contribution >= 0.6 is 0 Å². The van der Waals surface area contributed by atoms with Gasteiger partial charge in [0.25, 0.3) is 0 Å². The van der Waals surface area contributed by atoms with Crippen LogP contribution in [0, 0.1) is 0 Å². The Morgan fingerprint density at radius 2 is 1.35 bits per heavy atom. The van der Waals surface area contributed by atoms with E-state index in [1.165, 1.54) is 58.3 Å². The number of hydroxylamine groups is 2. The van der Waals surface area contributed by atoms with Crippen LogP contribution in [0.1, 0.15) is 112 Å². The standard InChI is InChI=1S/C22H43NO3/c1-7-8-9-10-11-12-13-14-15-16-25-23-21(3,4)17-20(26-19(2)24)18-22(23,5)6/h20H,7-18H2,1-6H3. The number of ether oxygens (including phenoxy) is 1. The highest BCUT2D eigenvalue weighted by molar-refractivity contribution is 5.66. The van der Waals surface area contributed by atoms with E-state index in [0.717, 1.165) is 25.9 Å². The third-order valence-electron chi connectivity index (χ3n) is 5.35. The van der Waals surface area contributed by atoms with Crippen molar-refractivity contribution in [3.63, 3.8) is 0 Å². The smallest absolute Gasteiger partial charge is 0.302 e. The minimum absolute atomic E-state index is 0.0231. The van der Waals surface area contributed by atoms with Gasteiger partial charge in [-0.1, -0.05) is 58.3 Å². The molecule has 4 heteroatoms. The Kier molecular flexibility index (Phi) is 10.2.